The van der Waals surface area contributed by atoms with Gasteiger partial charge in [-0.2, -0.15) is 0 Å². The number of ether oxygens (including phenoxy) is 1. The number of carbonyl (C=O) groups is 1. The second-order valence-electron chi connectivity index (χ2n) is 4.94. The zero-order valence-electron chi connectivity index (χ0n) is 11.5. The van der Waals surface area contributed by atoms with Gasteiger partial charge in [-0.15, -0.1) is 0 Å². The molecular weight excluding hydrogens is 268 g/mol. The van der Waals surface area contributed by atoms with Gasteiger partial charge in [0, 0.05) is 29.2 Å². The molecule has 4 heteroatoms. The molecule has 0 aliphatic heterocycles. The van der Waals surface area contributed by atoms with Crippen LogP contribution >= 0.6 is 0 Å². The van der Waals surface area contributed by atoms with Crippen LogP contribution in [0, 0.1) is 0 Å². The van der Waals surface area contributed by atoms with Gasteiger partial charge >= 0.3 is 0 Å². The van der Waals surface area contributed by atoms with E-state index in [4.69, 9.17) is 4.74 Å². The van der Waals surface area contributed by atoms with Crippen LogP contribution in [-0.4, -0.2) is 23.1 Å². The van der Waals surface area contributed by atoms with Crippen molar-refractivity contribution in [3.05, 3.63) is 58.7 Å². The summed E-state index contributed by atoms with van der Waals surface area (Å²) in [5.74, 6) is 0.621. The minimum atomic E-state index is -0.0870. The predicted molar refractivity (Wildman–Crippen MR) is 78.8 cm³/mol. The first-order chi connectivity index (χ1) is 10.1. The van der Waals surface area contributed by atoms with E-state index in [1.165, 1.54) is 19.2 Å². The summed E-state index contributed by atoms with van der Waals surface area (Å²) < 4.78 is 5.21. The first-order valence-electron chi connectivity index (χ1n) is 6.52. The van der Waals surface area contributed by atoms with Crippen LogP contribution in [0.25, 0.3) is 6.08 Å². The fourth-order valence-electron chi connectivity index (χ4n) is 2.51. The molecule has 106 valence electrons. The summed E-state index contributed by atoms with van der Waals surface area (Å²) in [5.41, 5.74) is 2.82. The van der Waals surface area contributed by atoms with E-state index in [-0.39, 0.29) is 17.3 Å². The maximum Gasteiger partial charge on any atom is 0.189 e. The molecule has 0 aromatic heterocycles. The van der Waals surface area contributed by atoms with Gasteiger partial charge in [0.2, 0.25) is 0 Å². The van der Waals surface area contributed by atoms with Crippen LogP contribution in [0.15, 0.2) is 42.0 Å². The maximum atomic E-state index is 12.4. The molecule has 2 aromatic carbocycles. The smallest absolute Gasteiger partial charge is 0.189 e. The highest BCUT2D eigenvalue weighted by Gasteiger charge is 2.25. The first-order valence-corrected chi connectivity index (χ1v) is 6.52. The van der Waals surface area contributed by atoms with Crippen molar-refractivity contribution in [2.24, 2.45) is 0 Å². The Labute approximate surface area is 121 Å². The summed E-state index contributed by atoms with van der Waals surface area (Å²) >= 11 is 0. The molecule has 0 atom stereocenters. The number of rotatable bonds is 2. The number of fused-ring (bicyclic) bond motifs is 1. The number of methoxy groups -OCH3 is 1. The number of Topliss-reactive ketones (excluding diaryl/α,β-unsaturated/α-hetero) is 1. The highest BCUT2D eigenvalue weighted by Crippen LogP contribution is 2.32. The van der Waals surface area contributed by atoms with Crippen LogP contribution in [0.2, 0.25) is 0 Å². The number of allylic oxidation sites excluding steroid dienone is 1. The third kappa shape index (κ3) is 2.36. The topological polar surface area (TPSA) is 66.8 Å². The Morgan fingerprint density at radius 3 is 2.57 bits per heavy atom. The van der Waals surface area contributed by atoms with Crippen LogP contribution in [0.4, 0.5) is 0 Å². The van der Waals surface area contributed by atoms with Gasteiger partial charge in [0.05, 0.1) is 7.11 Å². The number of aromatic hydroxyl groups is 2. The molecule has 0 radical (unpaired) electrons. The molecule has 2 aromatic rings. The van der Waals surface area contributed by atoms with Gasteiger partial charge in [-0.3, -0.25) is 4.79 Å². The molecule has 21 heavy (non-hydrogen) atoms. The van der Waals surface area contributed by atoms with Crippen molar-refractivity contribution in [3.63, 3.8) is 0 Å². The van der Waals surface area contributed by atoms with Crippen molar-refractivity contribution in [2.45, 2.75) is 6.42 Å². The molecule has 0 unspecified atom stereocenters. The molecule has 0 fully saturated rings. The van der Waals surface area contributed by atoms with Crippen LogP contribution in [0.3, 0.4) is 0 Å². The Hall–Kier alpha value is -2.75. The van der Waals surface area contributed by atoms with E-state index in [1.807, 2.05) is 0 Å². The zero-order valence-corrected chi connectivity index (χ0v) is 11.5. The van der Waals surface area contributed by atoms with E-state index >= 15 is 0 Å². The van der Waals surface area contributed by atoms with Crippen LogP contribution in [0.1, 0.15) is 21.5 Å². The molecule has 0 amide bonds. The molecule has 4 nitrogen and oxygen atoms in total. The maximum absolute atomic E-state index is 12.4. The van der Waals surface area contributed by atoms with Crippen molar-refractivity contribution < 1.29 is 19.7 Å². The minimum absolute atomic E-state index is 0.0870. The SMILES string of the molecule is COc1cc(O)ccc1/C=C1\Cc2ccc(O)cc2C1=O. The van der Waals surface area contributed by atoms with E-state index in [0.717, 1.165) is 11.1 Å². The largest absolute Gasteiger partial charge is 0.508 e. The van der Waals surface area contributed by atoms with Gasteiger partial charge in [-0.1, -0.05) is 6.07 Å². The van der Waals surface area contributed by atoms with Gasteiger partial charge in [-0.05, 0) is 35.9 Å². The average molecular weight is 282 g/mol. The monoisotopic (exact) mass is 282 g/mol. The predicted octanol–water partition coefficient (Wildman–Crippen LogP) is 2.93. The highest BCUT2D eigenvalue weighted by molar-refractivity contribution is 6.15. The van der Waals surface area contributed by atoms with Crippen molar-refractivity contribution in [1.29, 1.82) is 0 Å². The van der Waals surface area contributed by atoms with Gasteiger partial charge < -0.3 is 14.9 Å². The van der Waals surface area contributed by atoms with E-state index in [1.54, 1.807) is 30.3 Å². The van der Waals surface area contributed by atoms with Crippen molar-refractivity contribution in [2.75, 3.05) is 7.11 Å². The van der Waals surface area contributed by atoms with Crippen molar-refractivity contribution >= 4 is 11.9 Å². The van der Waals surface area contributed by atoms with Gasteiger partial charge in [0.15, 0.2) is 5.78 Å². The molecular formula is C17H14O4. The number of benzene rings is 2. The normalized spacial score (nSPS) is 15.3. The lowest BCUT2D eigenvalue weighted by Crippen LogP contribution is -1.96. The lowest BCUT2D eigenvalue weighted by Gasteiger charge is -2.06. The second kappa shape index (κ2) is 4.98. The highest BCUT2D eigenvalue weighted by atomic mass is 16.5. The average Bonchev–Trinajstić information content (AvgIpc) is 2.77. The Kier molecular flexibility index (Phi) is 3.14. The number of phenolic OH excluding ortho intramolecular Hbond substituents is 2. The second-order valence-corrected chi connectivity index (χ2v) is 4.94. The Balaban J connectivity index is 2.02. The van der Waals surface area contributed by atoms with Crippen LogP contribution in [-0.2, 0) is 6.42 Å². The molecule has 2 N–H and O–H groups in total. The van der Waals surface area contributed by atoms with Gasteiger partial charge in [-0.25, -0.2) is 0 Å². The molecule has 1 aliphatic carbocycles. The van der Waals surface area contributed by atoms with Crippen LogP contribution < -0.4 is 4.74 Å². The molecule has 0 spiro atoms. The number of phenols is 2. The summed E-state index contributed by atoms with van der Waals surface area (Å²) in [6, 6.07) is 9.59. The van der Waals surface area contributed by atoms with E-state index in [9.17, 15) is 15.0 Å². The summed E-state index contributed by atoms with van der Waals surface area (Å²) in [4.78, 5) is 12.4. The lowest BCUT2D eigenvalue weighted by atomic mass is 10.1. The number of carbonyl (C=O) groups excluding carboxylic acids is 1. The van der Waals surface area contributed by atoms with Crippen molar-refractivity contribution in [1.82, 2.24) is 0 Å². The van der Waals surface area contributed by atoms with E-state index < -0.39 is 0 Å². The van der Waals surface area contributed by atoms with Crippen molar-refractivity contribution in [3.8, 4) is 17.2 Å². The Morgan fingerprint density at radius 1 is 1.10 bits per heavy atom. The lowest BCUT2D eigenvalue weighted by molar-refractivity contribution is 0.104. The third-order valence-corrected chi connectivity index (χ3v) is 3.56. The van der Waals surface area contributed by atoms with E-state index in [2.05, 4.69) is 0 Å². The van der Waals surface area contributed by atoms with Gasteiger partial charge in [0.25, 0.3) is 0 Å². The minimum Gasteiger partial charge on any atom is -0.508 e. The standard InChI is InChI=1S/C17H14O4/c1-21-16-9-14(19)5-3-11(16)7-12-6-10-2-4-13(18)8-15(10)17(12)20/h2-5,7-9,18-19H,6H2,1H3/b12-7+. The summed E-state index contributed by atoms with van der Waals surface area (Å²) in [7, 11) is 1.51. The number of ketones is 1. The molecule has 0 saturated heterocycles. The quantitative estimate of drug-likeness (QED) is 0.831. The molecule has 3 rings (SSSR count). The Bertz CT molecular complexity index is 759. The summed E-state index contributed by atoms with van der Waals surface area (Å²) in [5, 5.41) is 18.9. The van der Waals surface area contributed by atoms with E-state index in [0.29, 0.717) is 23.3 Å². The molecule has 0 saturated carbocycles. The number of hydrogen-bond donors (Lipinski definition) is 2. The fraction of sp³-hybridized carbons (Fsp3) is 0.118. The Morgan fingerprint density at radius 2 is 1.81 bits per heavy atom. The first kappa shape index (κ1) is 13.2. The van der Waals surface area contributed by atoms with Crippen LogP contribution in [0.5, 0.6) is 17.2 Å². The van der Waals surface area contributed by atoms with Gasteiger partial charge in [0.1, 0.15) is 17.2 Å². The zero-order chi connectivity index (χ0) is 15.0. The number of hydrogen-bond acceptors (Lipinski definition) is 4. The summed E-state index contributed by atoms with van der Waals surface area (Å²) in [6.07, 6.45) is 2.29. The fourth-order valence-corrected chi connectivity index (χ4v) is 2.51. The molecule has 1 aliphatic rings. The molecule has 0 heterocycles. The summed E-state index contributed by atoms with van der Waals surface area (Å²) in [6.45, 7) is 0. The third-order valence-electron chi connectivity index (χ3n) is 3.56. The molecule has 0 bridgehead atoms.